The van der Waals surface area contributed by atoms with E-state index in [-0.39, 0.29) is 0 Å². The predicted molar refractivity (Wildman–Crippen MR) is 75.4 cm³/mol. The maximum atomic E-state index is 10.2. The highest BCUT2D eigenvalue weighted by Gasteiger charge is 2.29. The molecule has 90 valence electrons. The van der Waals surface area contributed by atoms with Gasteiger partial charge in [0.15, 0.2) is 0 Å². The molecule has 17 heavy (non-hydrogen) atoms. The molecule has 0 radical (unpaired) electrons. The third-order valence-electron chi connectivity index (χ3n) is 2.67. The van der Waals surface area contributed by atoms with Crippen molar-refractivity contribution in [3.63, 3.8) is 0 Å². The summed E-state index contributed by atoms with van der Waals surface area (Å²) >= 11 is 1.84. The molecule has 0 aliphatic heterocycles. The molecule has 1 unspecified atom stereocenters. The van der Waals surface area contributed by atoms with E-state index in [9.17, 15) is 5.11 Å². The summed E-state index contributed by atoms with van der Waals surface area (Å²) in [7, 11) is 3.04. The summed E-state index contributed by atoms with van der Waals surface area (Å²) in [6.07, 6.45) is 0. The first-order chi connectivity index (χ1) is 8.08. The molecule has 2 aromatic rings. The van der Waals surface area contributed by atoms with Crippen molar-refractivity contribution < 1.29 is 14.6 Å². The lowest BCUT2D eigenvalue weighted by Gasteiger charge is -2.22. The average molecular weight is 344 g/mol. The van der Waals surface area contributed by atoms with Crippen molar-refractivity contribution in [1.29, 1.82) is 0 Å². The number of halogens is 1. The van der Waals surface area contributed by atoms with E-state index in [2.05, 4.69) is 0 Å². The molecule has 0 saturated heterocycles. The van der Waals surface area contributed by atoms with Gasteiger partial charge >= 0.3 is 0 Å². The Bertz CT molecular complexity index is 537. The fourth-order valence-corrected chi connectivity index (χ4v) is 2.16. The third kappa shape index (κ3) is 2.38. The third-order valence-corrected chi connectivity index (χ3v) is 3.69. The van der Waals surface area contributed by atoms with E-state index in [1.165, 1.54) is 7.11 Å². The van der Waals surface area contributed by atoms with E-state index >= 15 is 0 Å². The number of rotatable bonds is 3. The first-order valence-electron chi connectivity index (χ1n) is 5.12. The highest BCUT2D eigenvalue weighted by atomic mass is 127. The summed E-state index contributed by atoms with van der Waals surface area (Å²) in [6.45, 7) is 0. The Labute approximate surface area is 113 Å². The molecule has 3 nitrogen and oxygen atoms in total. The van der Waals surface area contributed by atoms with Crippen molar-refractivity contribution in [2.75, 3.05) is 14.2 Å². The van der Waals surface area contributed by atoms with Crippen LogP contribution in [0.3, 0.4) is 0 Å². The maximum absolute atomic E-state index is 10.2. The van der Waals surface area contributed by atoms with Crippen LogP contribution in [-0.4, -0.2) is 19.3 Å². The van der Waals surface area contributed by atoms with Crippen LogP contribution < -0.4 is 4.74 Å². The highest BCUT2D eigenvalue weighted by molar-refractivity contribution is 14.1. The summed E-state index contributed by atoms with van der Waals surface area (Å²) in [6, 6.07) is 11.7. The van der Waals surface area contributed by atoms with Gasteiger partial charge < -0.3 is 14.6 Å². The zero-order chi connectivity index (χ0) is 12.5. The number of alkyl halides is 1. The van der Waals surface area contributed by atoms with Gasteiger partial charge in [-0.1, -0.05) is 24.3 Å². The molecule has 0 aliphatic rings. The van der Waals surface area contributed by atoms with Crippen molar-refractivity contribution >= 4 is 33.4 Å². The molecular formula is C13H13IO3. The Morgan fingerprint density at radius 2 is 1.71 bits per heavy atom. The predicted octanol–water partition coefficient (Wildman–Crippen LogP) is 3.03. The van der Waals surface area contributed by atoms with Crippen LogP contribution in [0.25, 0.3) is 10.8 Å². The van der Waals surface area contributed by atoms with Crippen molar-refractivity contribution in [3.05, 3.63) is 42.0 Å². The molecule has 2 rings (SSSR count). The SMILES string of the molecule is COc1cc2ccccc2cc1C(O)(I)OC. The van der Waals surface area contributed by atoms with Crippen molar-refractivity contribution in [2.24, 2.45) is 0 Å². The largest absolute Gasteiger partial charge is 0.496 e. The lowest BCUT2D eigenvalue weighted by Crippen LogP contribution is -2.20. The Balaban J connectivity index is 2.69. The van der Waals surface area contributed by atoms with E-state index < -0.39 is 3.79 Å². The van der Waals surface area contributed by atoms with Crippen molar-refractivity contribution in [3.8, 4) is 5.75 Å². The smallest absolute Gasteiger partial charge is 0.249 e. The van der Waals surface area contributed by atoms with Crippen LogP contribution in [0.5, 0.6) is 5.75 Å². The topological polar surface area (TPSA) is 38.7 Å². The summed E-state index contributed by atoms with van der Waals surface area (Å²) < 4.78 is 8.99. The standard InChI is InChI=1S/C13H13IO3/c1-16-12-8-10-6-4-3-5-9(10)7-11(12)13(14,15)17-2/h3-8,15H,1-2H3. The van der Waals surface area contributed by atoms with Crippen molar-refractivity contribution in [1.82, 2.24) is 0 Å². The summed E-state index contributed by atoms with van der Waals surface area (Å²) in [5.74, 6) is 0.613. The van der Waals surface area contributed by atoms with Gasteiger partial charge in [0.25, 0.3) is 0 Å². The van der Waals surface area contributed by atoms with Crippen LogP contribution >= 0.6 is 22.6 Å². The first kappa shape index (κ1) is 12.6. The minimum atomic E-state index is -1.38. The molecule has 1 atom stereocenters. The molecule has 0 saturated carbocycles. The molecule has 0 spiro atoms. The monoisotopic (exact) mass is 344 g/mol. The number of benzene rings is 2. The molecule has 0 aliphatic carbocycles. The Hall–Kier alpha value is -0.850. The number of methoxy groups -OCH3 is 2. The normalized spacial score (nSPS) is 14.6. The molecule has 0 aromatic heterocycles. The number of hydrogen-bond acceptors (Lipinski definition) is 3. The summed E-state index contributed by atoms with van der Waals surface area (Å²) in [4.78, 5) is 0. The van der Waals surface area contributed by atoms with Crippen molar-refractivity contribution in [2.45, 2.75) is 3.79 Å². The molecule has 0 fully saturated rings. The molecular weight excluding hydrogens is 331 g/mol. The number of ether oxygens (including phenoxy) is 2. The van der Waals surface area contributed by atoms with Crippen LogP contribution in [0.2, 0.25) is 0 Å². The van der Waals surface area contributed by atoms with E-state index in [0.717, 1.165) is 10.8 Å². The van der Waals surface area contributed by atoms with E-state index in [4.69, 9.17) is 9.47 Å². The van der Waals surface area contributed by atoms with Gasteiger partial charge in [-0.15, -0.1) is 0 Å². The summed E-state index contributed by atoms with van der Waals surface area (Å²) in [5, 5.41) is 12.3. The van der Waals surface area contributed by atoms with Gasteiger partial charge in [0, 0.05) is 7.11 Å². The van der Waals surface area contributed by atoms with E-state index in [1.807, 2.05) is 59.0 Å². The zero-order valence-corrected chi connectivity index (χ0v) is 11.8. The fraction of sp³-hybridized carbons (Fsp3) is 0.231. The molecule has 4 heteroatoms. The Kier molecular flexibility index (Phi) is 3.56. The maximum Gasteiger partial charge on any atom is 0.249 e. The minimum absolute atomic E-state index is 0.613. The van der Waals surface area contributed by atoms with Crippen LogP contribution in [0, 0.1) is 0 Å². The second kappa shape index (κ2) is 4.80. The lowest BCUT2D eigenvalue weighted by molar-refractivity contribution is -0.0971. The van der Waals surface area contributed by atoms with E-state index in [0.29, 0.717) is 11.3 Å². The van der Waals surface area contributed by atoms with Gasteiger partial charge in [0.1, 0.15) is 5.75 Å². The Morgan fingerprint density at radius 1 is 1.12 bits per heavy atom. The van der Waals surface area contributed by atoms with Crippen LogP contribution in [-0.2, 0) is 8.53 Å². The first-order valence-corrected chi connectivity index (χ1v) is 6.20. The van der Waals surface area contributed by atoms with Gasteiger partial charge in [0.2, 0.25) is 3.79 Å². The fourth-order valence-electron chi connectivity index (χ4n) is 1.74. The van der Waals surface area contributed by atoms with Crippen LogP contribution in [0.1, 0.15) is 5.56 Å². The molecule has 0 bridgehead atoms. The summed E-state index contributed by atoms with van der Waals surface area (Å²) in [5.41, 5.74) is 0.613. The van der Waals surface area contributed by atoms with Gasteiger partial charge in [-0.05, 0) is 45.5 Å². The van der Waals surface area contributed by atoms with Gasteiger partial charge in [-0.2, -0.15) is 0 Å². The zero-order valence-electron chi connectivity index (χ0n) is 9.61. The number of hydrogen-bond donors (Lipinski definition) is 1. The van der Waals surface area contributed by atoms with E-state index in [1.54, 1.807) is 7.11 Å². The second-order valence-corrected chi connectivity index (χ2v) is 5.13. The molecule has 1 N–H and O–H groups in total. The number of fused-ring (bicyclic) bond motifs is 1. The molecule has 0 amide bonds. The molecule has 2 aromatic carbocycles. The quantitative estimate of drug-likeness (QED) is 0.529. The van der Waals surface area contributed by atoms with Gasteiger partial charge in [0.05, 0.1) is 12.7 Å². The lowest BCUT2D eigenvalue weighted by atomic mass is 10.1. The average Bonchev–Trinajstić information content (AvgIpc) is 2.37. The molecule has 0 heterocycles. The Morgan fingerprint density at radius 3 is 2.24 bits per heavy atom. The second-order valence-electron chi connectivity index (χ2n) is 3.67. The number of aliphatic hydroxyl groups is 1. The van der Waals surface area contributed by atoms with Crippen LogP contribution in [0.15, 0.2) is 36.4 Å². The highest BCUT2D eigenvalue weighted by Crippen LogP contribution is 2.38. The van der Waals surface area contributed by atoms with Crippen LogP contribution in [0.4, 0.5) is 0 Å². The van der Waals surface area contributed by atoms with Gasteiger partial charge in [-0.25, -0.2) is 0 Å². The minimum Gasteiger partial charge on any atom is -0.496 e. The van der Waals surface area contributed by atoms with Gasteiger partial charge in [-0.3, -0.25) is 0 Å².